The standard InChI is InChI=1S/C14H16N4O2/c1-10-7-15-18(8-10)11-5-6-17(9-11)13-4-2-3-12(16-13)14(19)20/h2-4,7-8,11H,5-6,9H2,1H3,(H,19,20)/t11-/m0/s1. The summed E-state index contributed by atoms with van der Waals surface area (Å²) in [5, 5.41) is 13.3. The van der Waals surface area contributed by atoms with Crippen molar-refractivity contribution in [2.75, 3.05) is 18.0 Å². The highest BCUT2D eigenvalue weighted by Gasteiger charge is 2.25. The Morgan fingerprint density at radius 2 is 2.30 bits per heavy atom. The van der Waals surface area contributed by atoms with Crippen molar-refractivity contribution in [1.29, 1.82) is 0 Å². The van der Waals surface area contributed by atoms with Gasteiger partial charge in [-0.1, -0.05) is 6.07 Å². The van der Waals surface area contributed by atoms with Gasteiger partial charge in [0.1, 0.15) is 5.82 Å². The molecule has 2 aromatic heterocycles. The Bertz CT molecular complexity index is 638. The zero-order valence-corrected chi connectivity index (χ0v) is 11.2. The van der Waals surface area contributed by atoms with Crippen LogP contribution in [0.3, 0.4) is 0 Å². The SMILES string of the molecule is Cc1cnn([C@H]2CCN(c3cccc(C(=O)O)n3)C2)c1. The zero-order valence-electron chi connectivity index (χ0n) is 11.2. The van der Waals surface area contributed by atoms with Crippen LogP contribution in [0.2, 0.25) is 0 Å². The third kappa shape index (κ3) is 2.36. The summed E-state index contributed by atoms with van der Waals surface area (Å²) in [4.78, 5) is 17.3. The third-order valence-corrected chi connectivity index (χ3v) is 3.55. The maximum absolute atomic E-state index is 11.0. The molecule has 0 unspecified atom stereocenters. The number of pyridine rings is 1. The van der Waals surface area contributed by atoms with Gasteiger partial charge in [-0.05, 0) is 31.0 Å². The second kappa shape index (κ2) is 4.96. The number of aromatic nitrogens is 3. The normalized spacial score (nSPS) is 18.4. The summed E-state index contributed by atoms with van der Waals surface area (Å²) in [5.74, 6) is -0.276. The van der Waals surface area contributed by atoms with E-state index in [-0.39, 0.29) is 5.69 Å². The fraction of sp³-hybridized carbons (Fsp3) is 0.357. The van der Waals surface area contributed by atoms with E-state index in [9.17, 15) is 4.79 Å². The minimum absolute atomic E-state index is 0.0842. The fourth-order valence-corrected chi connectivity index (χ4v) is 2.52. The summed E-state index contributed by atoms with van der Waals surface area (Å²) >= 11 is 0. The number of carboxylic acids is 1. The first kappa shape index (κ1) is 12.7. The Balaban J connectivity index is 1.77. The van der Waals surface area contributed by atoms with Crippen molar-refractivity contribution in [3.63, 3.8) is 0 Å². The fourth-order valence-electron chi connectivity index (χ4n) is 2.52. The lowest BCUT2D eigenvalue weighted by atomic mass is 10.3. The number of carboxylic acid groups (broad SMARTS) is 1. The minimum Gasteiger partial charge on any atom is -0.477 e. The smallest absolute Gasteiger partial charge is 0.354 e. The Morgan fingerprint density at radius 1 is 1.45 bits per heavy atom. The van der Waals surface area contributed by atoms with E-state index in [2.05, 4.69) is 15.0 Å². The molecule has 20 heavy (non-hydrogen) atoms. The molecule has 6 nitrogen and oxygen atoms in total. The van der Waals surface area contributed by atoms with Crippen LogP contribution >= 0.6 is 0 Å². The number of aryl methyl sites for hydroxylation is 1. The summed E-state index contributed by atoms with van der Waals surface area (Å²) in [6.07, 6.45) is 4.88. The van der Waals surface area contributed by atoms with Crippen LogP contribution in [-0.2, 0) is 0 Å². The van der Waals surface area contributed by atoms with Gasteiger partial charge in [0.2, 0.25) is 0 Å². The van der Waals surface area contributed by atoms with Gasteiger partial charge in [0.15, 0.2) is 5.69 Å². The molecule has 6 heteroatoms. The van der Waals surface area contributed by atoms with E-state index >= 15 is 0 Å². The maximum Gasteiger partial charge on any atom is 0.354 e. The number of aromatic carboxylic acids is 1. The average Bonchev–Trinajstić information content (AvgIpc) is 3.07. The molecule has 1 N–H and O–H groups in total. The maximum atomic E-state index is 11.0. The molecule has 0 aromatic carbocycles. The molecule has 3 heterocycles. The van der Waals surface area contributed by atoms with E-state index < -0.39 is 5.97 Å². The monoisotopic (exact) mass is 272 g/mol. The molecule has 0 aliphatic carbocycles. The number of hydrogen-bond acceptors (Lipinski definition) is 4. The minimum atomic E-state index is -0.995. The summed E-state index contributed by atoms with van der Waals surface area (Å²) in [7, 11) is 0. The summed E-state index contributed by atoms with van der Waals surface area (Å²) in [5.41, 5.74) is 1.23. The Kier molecular flexibility index (Phi) is 3.14. The molecule has 1 saturated heterocycles. The van der Waals surface area contributed by atoms with E-state index in [1.54, 1.807) is 6.07 Å². The van der Waals surface area contributed by atoms with Crippen molar-refractivity contribution in [2.24, 2.45) is 0 Å². The van der Waals surface area contributed by atoms with Crippen molar-refractivity contribution in [3.8, 4) is 0 Å². The van der Waals surface area contributed by atoms with Gasteiger partial charge in [-0.2, -0.15) is 5.10 Å². The average molecular weight is 272 g/mol. The first-order chi connectivity index (χ1) is 9.63. The van der Waals surface area contributed by atoms with Crippen LogP contribution in [0.25, 0.3) is 0 Å². The van der Waals surface area contributed by atoms with Crippen molar-refractivity contribution in [3.05, 3.63) is 41.9 Å². The van der Waals surface area contributed by atoms with Crippen LogP contribution in [-0.4, -0.2) is 38.9 Å². The predicted octanol–water partition coefficient (Wildman–Crippen LogP) is 1.74. The van der Waals surface area contributed by atoms with Crippen LogP contribution in [0.1, 0.15) is 28.5 Å². The van der Waals surface area contributed by atoms with E-state index in [1.165, 1.54) is 6.07 Å². The van der Waals surface area contributed by atoms with Gasteiger partial charge in [0.25, 0.3) is 0 Å². The van der Waals surface area contributed by atoms with Gasteiger partial charge in [0.05, 0.1) is 12.2 Å². The number of hydrogen-bond donors (Lipinski definition) is 1. The lowest BCUT2D eigenvalue weighted by molar-refractivity contribution is 0.0690. The molecule has 0 radical (unpaired) electrons. The van der Waals surface area contributed by atoms with Gasteiger partial charge in [-0.3, -0.25) is 4.68 Å². The van der Waals surface area contributed by atoms with Gasteiger partial charge in [-0.15, -0.1) is 0 Å². The highest BCUT2D eigenvalue weighted by atomic mass is 16.4. The molecular weight excluding hydrogens is 256 g/mol. The van der Waals surface area contributed by atoms with E-state index in [0.717, 1.165) is 30.9 Å². The largest absolute Gasteiger partial charge is 0.477 e. The van der Waals surface area contributed by atoms with Crippen molar-refractivity contribution >= 4 is 11.8 Å². The van der Waals surface area contributed by atoms with Crippen LogP contribution in [0.15, 0.2) is 30.6 Å². The Labute approximate surface area is 116 Å². The number of anilines is 1. The first-order valence-electron chi connectivity index (χ1n) is 6.59. The quantitative estimate of drug-likeness (QED) is 0.921. The second-order valence-electron chi connectivity index (χ2n) is 5.07. The molecule has 1 aliphatic heterocycles. The zero-order chi connectivity index (χ0) is 14.1. The Morgan fingerprint density at radius 3 is 3.00 bits per heavy atom. The number of rotatable bonds is 3. The van der Waals surface area contributed by atoms with Gasteiger partial charge in [-0.25, -0.2) is 9.78 Å². The summed E-state index contributed by atoms with van der Waals surface area (Å²) < 4.78 is 1.98. The van der Waals surface area contributed by atoms with Crippen LogP contribution in [0.5, 0.6) is 0 Å². The van der Waals surface area contributed by atoms with Crippen molar-refractivity contribution in [1.82, 2.24) is 14.8 Å². The second-order valence-corrected chi connectivity index (χ2v) is 5.07. The molecule has 1 fully saturated rings. The van der Waals surface area contributed by atoms with Gasteiger partial charge >= 0.3 is 5.97 Å². The number of carbonyl (C=O) groups is 1. The van der Waals surface area contributed by atoms with Crippen LogP contribution in [0.4, 0.5) is 5.82 Å². The molecule has 0 amide bonds. The molecular formula is C14H16N4O2. The molecule has 0 spiro atoms. The van der Waals surface area contributed by atoms with E-state index in [1.807, 2.05) is 30.1 Å². The lowest BCUT2D eigenvalue weighted by Crippen LogP contribution is -2.22. The topological polar surface area (TPSA) is 71.2 Å². The lowest BCUT2D eigenvalue weighted by Gasteiger charge is -2.17. The molecule has 2 aromatic rings. The molecule has 1 atom stereocenters. The van der Waals surface area contributed by atoms with Crippen molar-refractivity contribution < 1.29 is 9.90 Å². The predicted molar refractivity (Wildman–Crippen MR) is 74.0 cm³/mol. The van der Waals surface area contributed by atoms with Gasteiger partial charge in [0, 0.05) is 19.3 Å². The third-order valence-electron chi connectivity index (χ3n) is 3.55. The molecule has 104 valence electrons. The molecule has 0 bridgehead atoms. The van der Waals surface area contributed by atoms with Crippen LogP contribution < -0.4 is 4.90 Å². The molecule has 3 rings (SSSR count). The van der Waals surface area contributed by atoms with Gasteiger partial charge < -0.3 is 10.0 Å². The Hall–Kier alpha value is -2.37. The first-order valence-corrected chi connectivity index (χ1v) is 6.59. The summed E-state index contributed by atoms with van der Waals surface area (Å²) in [6, 6.07) is 5.41. The van der Waals surface area contributed by atoms with Crippen LogP contribution in [0, 0.1) is 6.92 Å². The number of nitrogens with zero attached hydrogens (tertiary/aromatic N) is 4. The van der Waals surface area contributed by atoms with E-state index in [4.69, 9.17) is 5.11 Å². The van der Waals surface area contributed by atoms with E-state index in [0.29, 0.717) is 6.04 Å². The molecule has 1 aliphatic rings. The highest BCUT2D eigenvalue weighted by molar-refractivity contribution is 5.85. The molecule has 0 saturated carbocycles. The van der Waals surface area contributed by atoms with Crippen molar-refractivity contribution in [2.45, 2.75) is 19.4 Å². The summed E-state index contributed by atoms with van der Waals surface area (Å²) in [6.45, 7) is 3.69. The highest BCUT2D eigenvalue weighted by Crippen LogP contribution is 2.25.